The van der Waals surface area contributed by atoms with Crippen LogP contribution < -0.4 is 4.74 Å². The van der Waals surface area contributed by atoms with Crippen LogP contribution in [0.25, 0.3) is 0 Å². The topological polar surface area (TPSA) is 29.5 Å². The molecule has 0 amide bonds. The Balaban J connectivity index is 2.37. The molecule has 2 aromatic rings. The Morgan fingerprint density at radius 3 is 1.97 bits per heavy atom. The second-order valence-corrected chi connectivity index (χ2v) is 9.16. The van der Waals surface area contributed by atoms with Crippen LogP contribution in [0.5, 0.6) is 11.5 Å². The lowest BCUT2D eigenvalue weighted by atomic mass is 9.90. The van der Waals surface area contributed by atoms with Crippen LogP contribution in [0.3, 0.4) is 0 Å². The summed E-state index contributed by atoms with van der Waals surface area (Å²) in [7, 11) is 0. The van der Waals surface area contributed by atoms with E-state index < -0.39 is 5.60 Å². The number of aryl methyl sites for hydroxylation is 1. The number of ether oxygens (including phenoxy) is 1. The highest BCUT2D eigenvalue weighted by atomic mass is 16.5. The maximum absolute atomic E-state index is 10.2. The van der Waals surface area contributed by atoms with Crippen LogP contribution in [0.4, 0.5) is 0 Å². The van der Waals surface area contributed by atoms with E-state index in [4.69, 9.17) is 4.74 Å². The van der Waals surface area contributed by atoms with Gasteiger partial charge in [-0.2, -0.15) is 0 Å². The van der Waals surface area contributed by atoms with Crippen LogP contribution >= 0.6 is 0 Å². The van der Waals surface area contributed by atoms with Crippen molar-refractivity contribution in [3.05, 3.63) is 58.7 Å². The fraction of sp³-hybridized carbons (Fsp3) is 0.571. The molecule has 0 aliphatic heterocycles. The molecule has 166 valence electrons. The Hall–Kier alpha value is -1.96. The highest BCUT2D eigenvalue weighted by molar-refractivity contribution is 5.46. The number of benzene rings is 2. The van der Waals surface area contributed by atoms with Crippen LogP contribution in [0.2, 0.25) is 0 Å². The van der Waals surface area contributed by atoms with Crippen molar-refractivity contribution < 1.29 is 9.84 Å². The maximum Gasteiger partial charge on any atom is 0.123 e. The van der Waals surface area contributed by atoms with Crippen molar-refractivity contribution in [1.29, 1.82) is 0 Å². The summed E-state index contributed by atoms with van der Waals surface area (Å²) in [6, 6.07) is 12.1. The van der Waals surface area contributed by atoms with Gasteiger partial charge in [0, 0.05) is 6.42 Å². The van der Waals surface area contributed by atoms with E-state index in [0.29, 0.717) is 12.2 Å². The van der Waals surface area contributed by atoms with E-state index in [0.717, 1.165) is 30.6 Å². The van der Waals surface area contributed by atoms with Crippen molar-refractivity contribution in [3.63, 3.8) is 0 Å². The van der Waals surface area contributed by atoms with Crippen molar-refractivity contribution in [2.45, 2.75) is 104 Å². The van der Waals surface area contributed by atoms with Gasteiger partial charge in [-0.25, -0.2) is 0 Å². The van der Waals surface area contributed by atoms with Gasteiger partial charge in [-0.3, -0.25) is 0 Å². The Labute approximate surface area is 184 Å². The van der Waals surface area contributed by atoms with E-state index in [2.05, 4.69) is 46.8 Å². The number of phenolic OH excluding ortho intramolecular Hbond substituents is 1. The van der Waals surface area contributed by atoms with Gasteiger partial charge < -0.3 is 9.84 Å². The summed E-state index contributed by atoms with van der Waals surface area (Å²) in [4.78, 5) is 0. The zero-order valence-corrected chi connectivity index (χ0v) is 19.9. The SMILES string of the molecule is CCCCc1ccc(OC(C)(C)Cc2ccccc2O)c(CCCC)c1CCCC. The number of aromatic hydroxyl groups is 1. The molecule has 0 unspecified atom stereocenters. The number of hydrogen-bond acceptors (Lipinski definition) is 2. The molecule has 0 saturated carbocycles. The lowest BCUT2D eigenvalue weighted by Crippen LogP contribution is -2.31. The first kappa shape index (κ1) is 24.3. The van der Waals surface area contributed by atoms with Gasteiger partial charge in [-0.05, 0) is 86.8 Å². The van der Waals surface area contributed by atoms with E-state index in [1.54, 1.807) is 6.07 Å². The second kappa shape index (κ2) is 12.0. The van der Waals surface area contributed by atoms with E-state index in [9.17, 15) is 5.11 Å². The van der Waals surface area contributed by atoms with Crippen molar-refractivity contribution >= 4 is 0 Å². The molecule has 1 N–H and O–H groups in total. The molecule has 2 nitrogen and oxygen atoms in total. The smallest absolute Gasteiger partial charge is 0.123 e. The van der Waals surface area contributed by atoms with Gasteiger partial charge in [0.15, 0.2) is 0 Å². The van der Waals surface area contributed by atoms with Crippen molar-refractivity contribution in [1.82, 2.24) is 0 Å². The zero-order valence-electron chi connectivity index (χ0n) is 19.9. The standard InChI is InChI=1S/C28H42O2/c1-6-9-14-22-19-20-27(25(17-11-8-3)24(22)16-10-7-2)30-28(4,5)21-23-15-12-13-18-26(23)29/h12-13,15,18-20,29H,6-11,14,16-17,21H2,1-5H3. The van der Waals surface area contributed by atoms with Gasteiger partial charge in [-0.1, -0.05) is 64.3 Å². The van der Waals surface area contributed by atoms with Crippen LogP contribution in [0.15, 0.2) is 36.4 Å². The number of para-hydroxylation sites is 1. The van der Waals surface area contributed by atoms with Gasteiger partial charge in [0.2, 0.25) is 0 Å². The average molecular weight is 411 g/mol. The van der Waals surface area contributed by atoms with Gasteiger partial charge in [0.25, 0.3) is 0 Å². The maximum atomic E-state index is 10.2. The third-order valence-corrected chi connectivity index (χ3v) is 5.84. The minimum absolute atomic E-state index is 0.346. The minimum atomic E-state index is -0.396. The second-order valence-electron chi connectivity index (χ2n) is 9.16. The summed E-state index contributed by atoms with van der Waals surface area (Å²) in [5.74, 6) is 1.38. The molecule has 2 heteroatoms. The summed E-state index contributed by atoms with van der Waals surface area (Å²) in [6.07, 6.45) is 11.3. The Morgan fingerprint density at radius 2 is 1.33 bits per heavy atom. The van der Waals surface area contributed by atoms with Gasteiger partial charge >= 0.3 is 0 Å². The monoisotopic (exact) mass is 410 g/mol. The lowest BCUT2D eigenvalue weighted by molar-refractivity contribution is 0.107. The molecular formula is C28H42O2. The van der Waals surface area contributed by atoms with Gasteiger partial charge in [0.05, 0.1) is 0 Å². The molecule has 0 bridgehead atoms. The molecule has 0 aliphatic carbocycles. The first-order valence-corrected chi connectivity index (χ1v) is 12.0. The van der Waals surface area contributed by atoms with Crippen molar-refractivity contribution in [2.24, 2.45) is 0 Å². The first-order valence-electron chi connectivity index (χ1n) is 12.0. The molecule has 0 fully saturated rings. The quantitative estimate of drug-likeness (QED) is 0.365. The third-order valence-electron chi connectivity index (χ3n) is 5.84. The van der Waals surface area contributed by atoms with E-state index in [-0.39, 0.29) is 0 Å². The van der Waals surface area contributed by atoms with Gasteiger partial charge in [-0.15, -0.1) is 0 Å². The Morgan fingerprint density at radius 1 is 0.733 bits per heavy atom. The highest BCUT2D eigenvalue weighted by Crippen LogP contribution is 2.34. The average Bonchev–Trinajstić information content (AvgIpc) is 2.71. The van der Waals surface area contributed by atoms with Crippen LogP contribution in [-0.4, -0.2) is 10.7 Å². The molecule has 0 saturated heterocycles. The number of rotatable bonds is 13. The molecule has 30 heavy (non-hydrogen) atoms. The number of unbranched alkanes of at least 4 members (excludes halogenated alkanes) is 3. The molecule has 0 spiro atoms. The Kier molecular flexibility index (Phi) is 9.75. The van der Waals surface area contributed by atoms with Crippen molar-refractivity contribution in [3.8, 4) is 11.5 Å². The predicted octanol–water partition coefficient (Wildman–Crippen LogP) is 7.82. The summed E-state index contributed by atoms with van der Waals surface area (Å²) >= 11 is 0. The first-order chi connectivity index (χ1) is 14.4. The zero-order chi connectivity index (χ0) is 22.0. The third kappa shape index (κ3) is 7.07. The fourth-order valence-electron chi connectivity index (χ4n) is 4.16. The highest BCUT2D eigenvalue weighted by Gasteiger charge is 2.24. The molecule has 0 atom stereocenters. The number of hydrogen-bond donors (Lipinski definition) is 1. The molecule has 0 aromatic heterocycles. The fourth-order valence-corrected chi connectivity index (χ4v) is 4.16. The normalized spacial score (nSPS) is 11.6. The predicted molar refractivity (Wildman–Crippen MR) is 129 cm³/mol. The van der Waals surface area contributed by atoms with E-state index >= 15 is 0 Å². The summed E-state index contributed by atoms with van der Waals surface area (Å²) < 4.78 is 6.66. The van der Waals surface area contributed by atoms with Crippen molar-refractivity contribution in [2.75, 3.05) is 0 Å². The molecular weight excluding hydrogens is 368 g/mol. The molecule has 0 radical (unpaired) electrons. The van der Waals surface area contributed by atoms with Crippen LogP contribution in [0, 0.1) is 0 Å². The summed E-state index contributed by atoms with van der Waals surface area (Å²) in [6.45, 7) is 11.0. The molecule has 2 rings (SSSR count). The molecule has 0 aliphatic rings. The summed E-state index contributed by atoms with van der Waals surface area (Å²) in [5, 5.41) is 10.2. The summed E-state index contributed by atoms with van der Waals surface area (Å²) in [5.41, 5.74) is 5.01. The van der Waals surface area contributed by atoms with Gasteiger partial charge in [0.1, 0.15) is 17.1 Å². The molecule has 2 aromatic carbocycles. The van der Waals surface area contributed by atoms with Crippen LogP contribution in [0.1, 0.15) is 95.4 Å². The number of phenols is 1. The van der Waals surface area contributed by atoms with E-state index in [1.165, 1.54) is 55.2 Å². The molecule has 0 heterocycles. The largest absolute Gasteiger partial charge is 0.508 e. The minimum Gasteiger partial charge on any atom is -0.508 e. The Bertz CT molecular complexity index is 776. The van der Waals surface area contributed by atoms with E-state index in [1.807, 2.05) is 18.2 Å². The van der Waals surface area contributed by atoms with Crippen LogP contribution in [-0.2, 0) is 25.7 Å². The lowest BCUT2D eigenvalue weighted by Gasteiger charge is -2.30.